The Hall–Kier alpha value is -2.14. The average molecular weight is 361 g/mol. The van der Waals surface area contributed by atoms with E-state index in [-0.39, 0.29) is 5.91 Å². The Labute approximate surface area is 154 Å². The molecule has 0 saturated carbocycles. The summed E-state index contributed by atoms with van der Waals surface area (Å²) in [6, 6.07) is 9.35. The summed E-state index contributed by atoms with van der Waals surface area (Å²) in [5.41, 5.74) is 2.32. The summed E-state index contributed by atoms with van der Waals surface area (Å²) in [6.07, 6.45) is 2.92. The Morgan fingerprint density at radius 1 is 1.24 bits per heavy atom. The van der Waals surface area contributed by atoms with Crippen molar-refractivity contribution in [1.82, 2.24) is 15.3 Å². The molecular formula is C19H25ClN4O. The number of nitrogens with zero attached hydrogens (tertiary/aromatic N) is 3. The molecule has 0 aliphatic carbocycles. The largest absolute Gasteiger partial charge is 0.350 e. The van der Waals surface area contributed by atoms with Crippen LogP contribution in [0.25, 0.3) is 0 Å². The van der Waals surface area contributed by atoms with Gasteiger partial charge in [-0.05, 0) is 43.5 Å². The predicted octanol–water partition coefficient (Wildman–Crippen LogP) is 3.65. The minimum Gasteiger partial charge on any atom is -0.350 e. The first-order valence-electron chi connectivity index (χ1n) is 8.59. The molecule has 6 heteroatoms. The topological polar surface area (TPSA) is 58.1 Å². The molecule has 1 amide bonds. The first-order chi connectivity index (χ1) is 12.0. The van der Waals surface area contributed by atoms with Gasteiger partial charge in [0.1, 0.15) is 5.69 Å². The molecule has 25 heavy (non-hydrogen) atoms. The molecule has 0 radical (unpaired) electrons. The number of unbranched alkanes of at least 4 members (excludes halogenated alkanes) is 1. The van der Waals surface area contributed by atoms with Crippen molar-refractivity contribution in [2.24, 2.45) is 0 Å². The van der Waals surface area contributed by atoms with Crippen molar-refractivity contribution < 1.29 is 4.79 Å². The zero-order valence-corrected chi connectivity index (χ0v) is 15.8. The summed E-state index contributed by atoms with van der Waals surface area (Å²) in [5, 5.41) is 3.63. The lowest BCUT2D eigenvalue weighted by Gasteiger charge is -2.17. The van der Waals surface area contributed by atoms with E-state index in [0.717, 1.165) is 37.1 Å². The van der Waals surface area contributed by atoms with Gasteiger partial charge < -0.3 is 10.2 Å². The summed E-state index contributed by atoms with van der Waals surface area (Å²) in [4.78, 5) is 23.2. The molecule has 0 aliphatic heterocycles. The molecule has 1 aromatic heterocycles. The molecule has 2 aromatic rings. The number of rotatable bonds is 8. The van der Waals surface area contributed by atoms with Crippen LogP contribution >= 0.6 is 11.6 Å². The van der Waals surface area contributed by atoms with Crippen molar-refractivity contribution in [3.05, 3.63) is 52.3 Å². The van der Waals surface area contributed by atoms with Crippen molar-refractivity contribution in [3.63, 3.8) is 0 Å². The second-order valence-corrected chi connectivity index (χ2v) is 6.54. The van der Waals surface area contributed by atoms with Crippen molar-refractivity contribution in [1.29, 1.82) is 0 Å². The molecule has 2 rings (SSSR count). The van der Waals surface area contributed by atoms with Crippen LogP contribution in [0, 0.1) is 6.92 Å². The summed E-state index contributed by atoms with van der Waals surface area (Å²) < 4.78 is 0. The maximum atomic E-state index is 12.4. The Kier molecular flexibility index (Phi) is 7.19. The molecule has 0 aliphatic rings. The highest BCUT2D eigenvalue weighted by Crippen LogP contribution is 2.11. The van der Waals surface area contributed by atoms with E-state index in [2.05, 4.69) is 22.2 Å². The number of carbonyl (C=O) groups is 1. The summed E-state index contributed by atoms with van der Waals surface area (Å²) >= 11 is 5.88. The maximum Gasteiger partial charge on any atom is 0.270 e. The number of nitrogens with one attached hydrogen (secondary N) is 1. The normalized spacial score (nSPS) is 10.6. The van der Waals surface area contributed by atoms with Gasteiger partial charge in [-0.1, -0.05) is 37.1 Å². The molecule has 1 N–H and O–H groups in total. The number of aromatic nitrogens is 2. The molecule has 0 bridgehead atoms. The third-order valence-corrected chi connectivity index (χ3v) is 4.13. The fourth-order valence-corrected chi connectivity index (χ4v) is 2.52. The highest BCUT2D eigenvalue weighted by atomic mass is 35.5. The minimum absolute atomic E-state index is 0.176. The number of hydrogen-bond acceptors (Lipinski definition) is 4. The highest BCUT2D eigenvalue weighted by Gasteiger charge is 2.12. The third kappa shape index (κ3) is 6.02. The van der Waals surface area contributed by atoms with Gasteiger partial charge in [0, 0.05) is 30.9 Å². The van der Waals surface area contributed by atoms with E-state index in [1.54, 1.807) is 6.07 Å². The number of carbonyl (C=O) groups excluding carboxylic acids is 1. The molecule has 134 valence electrons. The number of anilines is 1. The maximum absolute atomic E-state index is 12.4. The molecular weight excluding hydrogens is 336 g/mol. The van der Waals surface area contributed by atoms with Crippen LogP contribution < -0.4 is 10.2 Å². The lowest BCUT2D eigenvalue weighted by molar-refractivity contribution is 0.0949. The molecule has 0 fully saturated rings. The monoisotopic (exact) mass is 360 g/mol. The van der Waals surface area contributed by atoms with Crippen LogP contribution in [0.4, 0.5) is 5.95 Å². The van der Waals surface area contributed by atoms with Crippen molar-refractivity contribution in [3.8, 4) is 0 Å². The van der Waals surface area contributed by atoms with E-state index in [0.29, 0.717) is 23.2 Å². The number of aryl methyl sites for hydroxylation is 1. The van der Waals surface area contributed by atoms with E-state index in [1.807, 2.05) is 43.1 Å². The fourth-order valence-electron chi connectivity index (χ4n) is 2.40. The van der Waals surface area contributed by atoms with Crippen LogP contribution in [0.2, 0.25) is 5.02 Å². The Morgan fingerprint density at radius 3 is 2.64 bits per heavy atom. The van der Waals surface area contributed by atoms with Crippen molar-refractivity contribution in [2.45, 2.75) is 33.1 Å². The lowest BCUT2D eigenvalue weighted by Crippen LogP contribution is -2.28. The standard InChI is InChI=1S/C19H25ClN4O/c1-4-5-12-24(3)19-22-14(2)13-17(23-19)18(25)21-11-10-15-6-8-16(20)9-7-15/h6-9,13H,4-5,10-12H2,1-3H3,(H,21,25). The summed E-state index contributed by atoms with van der Waals surface area (Å²) in [5.74, 6) is 0.418. The van der Waals surface area contributed by atoms with Crippen LogP contribution in [0.3, 0.4) is 0 Å². The average Bonchev–Trinajstić information content (AvgIpc) is 2.60. The van der Waals surface area contributed by atoms with Crippen molar-refractivity contribution >= 4 is 23.5 Å². The van der Waals surface area contributed by atoms with Crippen LogP contribution in [-0.4, -0.2) is 36.0 Å². The zero-order valence-electron chi connectivity index (χ0n) is 15.1. The van der Waals surface area contributed by atoms with Gasteiger partial charge in [-0.15, -0.1) is 0 Å². The van der Waals surface area contributed by atoms with E-state index < -0.39 is 0 Å². The lowest BCUT2D eigenvalue weighted by atomic mass is 10.1. The van der Waals surface area contributed by atoms with Crippen LogP contribution in [0.15, 0.2) is 30.3 Å². The van der Waals surface area contributed by atoms with Crippen molar-refractivity contribution in [2.75, 3.05) is 25.0 Å². The number of benzene rings is 1. The van der Waals surface area contributed by atoms with Gasteiger partial charge in [0.05, 0.1) is 0 Å². The Balaban J connectivity index is 1.96. The highest BCUT2D eigenvalue weighted by molar-refractivity contribution is 6.30. The van der Waals surface area contributed by atoms with E-state index in [9.17, 15) is 4.79 Å². The van der Waals surface area contributed by atoms with Gasteiger partial charge in [-0.25, -0.2) is 9.97 Å². The number of halogens is 1. The second kappa shape index (κ2) is 9.37. The molecule has 0 unspecified atom stereocenters. The van der Waals surface area contributed by atoms with Gasteiger partial charge in [-0.3, -0.25) is 4.79 Å². The SMILES string of the molecule is CCCCN(C)c1nc(C)cc(C(=O)NCCc2ccc(Cl)cc2)n1. The van der Waals surface area contributed by atoms with E-state index in [1.165, 1.54) is 0 Å². The second-order valence-electron chi connectivity index (χ2n) is 6.10. The smallest absolute Gasteiger partial charge is 0.270 e. The molecule has 0 spiro atoms. The molecule has 1 aromatic carbocycles. The first-order valence-corrected chi connectivity index (χ1v) is 8.97. The Morgan fingerprint density at radius 2 is 1.96 bits per heavy atom. The number of amides is 1. The summed E-state index contributed by atoms with van der Waals surface area (Å²) in [7, 11) is 1.95. The van der Waals surface area contributed by atoms with Gasteiger partial charge >= 0.3 is 0 Å². The third-order valence-electron chi connectivity index (χ3n) is 3.88. The minimum atomic E-state index is -0.176. The fraction of sp³-hybridized carbons (Fsp3) is 0.421. The van der Waals surface area contributed by atoms with Gasteiger partial charge in [0.15, 0.2) is 0 Å². The van der Waals surface area contributed by atoms with E-state index >= 15 is 0 Å². The number of hydrogen-bond donors (Lipinski definition) is 1. The molecule has 1 heterocycles. The van der Waals surface area contributed by atoms with Gasteiger partial charge in [0.2, 0.25) is 5.95 Å². The van der Waals surface area contributed by atoms with Gasteiger partial charge in [0.25, 0.3) is 5.91 Å². The molecule has 0 saturated heterocycles. The van der Waals surface area contributed by atoms with E-state index in [4.69, 9.17) is 11.6 Å². The zero-order chi connectivity index (χ0) is 18.2. The predicted molar refractivity (Wildman–Crippen MR) is 102 cm³/mol. The van der Waals surface area contributed by atoms with Gasteiger partial charge in [-0.2, -0.15) is 0 Å². The summed E-state index contributed by atoms with van der Waals surface area (Å²) in [6.45, 7) is 5.44. The molecule has 0 atom stereocenters. The first kappa shape index (κ1) is 19.2. The van der Waals surface area contributed by atoms with Crippen LogP contribution in [0.1, 0.15) is 41.5 Å². The van der Waals surface area contributed by atoms with Crippen LogP contribution in [-0.2, 0) is 6.42 Å². The quantitative estimate of drug-likeness (QED) is 0.780. The Bertz CT molecular complexity index is 703. The molecule has 5 nitrogen and oxygen atoms in total. The van der Waals surface area contributed by atoms with Crippen LogP contribution in [0.5, 0.6) is 0 Å².